The zero-order chi connectivity index (χ0) is 13.0. The SMILES string of the molecule is CN(C)C(=O)C(c1ccccc1)c1ccccc1.[Ca+2].[H-].[H-]. The summed E-state index contributed by atoms with van der Waals surface area (Å²) in [5.41, 5.74) is 2.06. The summed E-state index contributed by atoms with van der Waals surface area (Å²) < 4.78 is 0. The van der Waals surface area contributed by atoms with Crippen molar-refractivity contribution in [3.63, 3.8) is 0 Å². The van der Waals surface area contributed by atoms with Crippen molar-refractivity contribution in [2.75, 3.05) is 14.1 Å². The first-order valence-corrected chi connectivity index (χ1v) is 6.01. The summed E-state index contributed by atoms with van der Waals surface area (Å²) in [6.07, 6.45) is 0. The van der Waals surface area contributed by atoms with Crippen molar-refractivity contribution in [3.8, 4) is 0 Å². The molecule has 0 saturated carbocycles. The van der Waals surface area contributed by atoms with Gasteiger partial charge in [0, 0.05) is 14.1 Å². The summed E-state index contributed by atoms with van der Waals surface area (Å²) in [6, 6.07) is 19.8. The van der Waals surface area contributed by atoms with Gasteiger partial charge in [0.2, 0.25) is 5.91 Å². The minimum absolute atomic E-state index is 0. The average molecular weight is 281 g/mol. The molecule has 0 N–H and O–H groups in total. The first-order chi connectivity index (χ1) is 8.70. The molecule has 3 heteroatoms. The zero-order valence-corrected chi connectivity index (χ0v) is 13.6. The quantitative estimate of drug-likeness (QED) is 0.792. The molecule has 19 heavy (non-hydrogen) atoms. The Morgan fingerprint density at radius 1 is 0.895 bits per heavy atom. The van der Waals surface area contributed by atoms with Crippen LogP contribution in [0.5, 0.6) is 0 Å². The molecule has 0 atom stereocenters. The van der Waals surface area contributed by atoms with Crippen LogP contribution in [-0.4, -0.2) is 62.6 Å². The van der Waals surface area contributed by atoms with Crippen molar-refractivity contribution >= 4 is 43.6 Å². The molecular weight excluding hydrogens is 262 g/mol. The molecule has 0 aliphatic heterocycles. The fourth-order valence-electron chi connectivity index (χ4n) is 2.03. The Labute approximate surface area is 147 Å². The first-order valence-electron chi connectivity index (χ1n) is 6.01. The van der Waals surface area contributed by atoms with E-state index in [0.29, 0.717) is 0 Å². The minimum Gasteiger partial charge on any atom is -1.00 e. The standard InChI is InChI=1S/C16H17NO.Ca.2H/c1-17(2)16(18)15(13-9-5-3-6-10-13)14-11-7-4-8-12-14;;;/h3-12,15H,1-2H3;;;/q;+2;2*-1. The Kier molecular flexibility index (Phi) is 6.56. The van der Waals surface area contributed by atoms with Crippen LogP contribution in [0.15, 0.2) is 60.7 Å². The molecule has 0 saturated heterocycles. The van der Waals surface area contributed by atoms with Crippen LogP contribution in [-0.2, 0) is 4.79 Å². The van der Waals surface area contributed by atoms with Crippen molar-refractivity contribution in [2.45, 2.75) is 5.92 Å². The second-order valence-corrected chi connectivity index (χ2v) is 4.49. The second kappa shape index (κ2) is 7.68. The van der Waals surface area contributed by atoms with E-state index in [-0.39, 0.29) is 52.4 Å². The van der Waals surface area contributed by atoms with Crippen LogP contribution in [0.1, 0.15) is 19.9 Å². The Bertz CT molecular complexity index is 481. The third-order valence-corrected chi connectivity index (χ3v) is 2.95. The fourth-order valence-corrected chi connectivity index (χ4v) is 2.03. The Morgan fingerprint density at radius 3 is 1.58 bits per heavy atom. The molecule has 1 amide bonds. The number of likely N-dealkylation sites (N-methyl/N-ethyl adjacent to an activating group) is 1. The van der Waals surface area contributed by atoms with Crippen LogP contribution in [0.4, 0.5) is 0 Å². The summed E-state index contributed by atoms with van der Waals surface area (Å²) in [6.45, 7) is 0. The molecule has 0 aliphatic carbocycles. The van der Waals surface area contributed by atoms with E-state index in [0.717, 1.165) is 11.1 Å². The van der Waals surface area contributed by atoms with Gasteiger partial charge in [0.25, 0.3) is 0 Å². The maximum atomic E-state index is 12.4. The Morgan fingerprint density at radius 2 is 1.26 bits per heavy atom. The summed E-state index contributed by atoms with van der Waals surface area (Å²) in [5, 5.41) is 0. The van der Waals surface area contributed by atoms with Crippen LogP contribution < -0.4 is 0 Å². The van der Waals surface area contributed by atoms with Gasteiger partial charge in [-0.15, -0.1) is 0 Å². The number of amides is 1. The predicted molar refractivity (Wildman–Crippen MR) is 81.4 cm³/mol. The number of rotatable bonds is 3. The second-order valence-electron chi connectivity index (χ2n) is 4.49. The Hall–Kier alpha value is -0.830. The van der Waals surface area contributed by atoms with Gasteiger partial charge in [0.1, 0.15) is 0 Å². The molecule has 0 aliphatic rings. The third-order valence-electron chi connectivity index (χ3n) is 2.95. The molecule has 96 valence electrons. The van der Waals surface area contributed by atoms with Crippen molar-refractivity contribution in [3.05, 3.63) is 71.8 Å². The van der Waals surface area contributed by atoms with Crippen LogP contribution in [0.3, 0.4) is 0 Å². The van der Waals surface area contributed by atoms with Crippen LogP contribution in [0.2, 0.25) is 0 Å². The van der Waals surface area contributed by atoms with Crippen molar-refractivity contribution < 1.29 is 7.65 Å². The molecule has 2 aromatic carbocycles. The van der Waals surface area contributed by atoms with Gasteiger partial charge in [0.05, 0.1) is 5.92 Å². The normalized spacial score (nSPS) is 9.84. The van der Waals surface area contributed by atoms with Gasteiger partial charge < -0.3 is 7.75 Å². The van der Waals surface area contributed by atoms with Gasteiger partial charge >= 0.3 is 37.7 Å². The van der Waals surface area contributed by atoms with Gasteiger partial charge in [-0.2, -0.15) is 0 Å². The number of nitrogens with zero attached hydrogens (tertiary/aromatic N) is 1. The van der Waals surface area contributed by atoms with E-state index in [4.69, 9.17) is 0 Å². The molecule has 0 aromatic heterocycles. The molecule has 2 nitrogen and oxygen atoms in total. The summed E-state index contributed by atoms with van der Waals surface area (Å²) >= 11 is 0. The summed E-state index contributed by atoms with van der Waals surface area (Å²) in [4.78, 5) is 14.0. The largest absolute Gasteiger partial charge is 2.00 e. The Balaban J connectivity index is 0. The number of hydrogen-bond acceptors (Lipinski definition) is 1. The van der Waals surface area contributed by atoms with E-state index in [1.807, 2.05) is 60.7 Å². The summed E-state index contributed by atoms with van der Waals surface area (Å²) in [5.74, 6) is -0.116. The van der Waals surface area contributed by atoms with Crippen LogP contribution >= 0.6 is 0 Å². The zero-order valence-electron chi connectivity index (χ0n) is 13.4. The average Bonchev–Trinajstić information content (AvgIpc) is 2.41. The number of hydrogen-bond donors (Lipinski definition) is 0. The third kappa shape index (κ3) is 4.07. The number of carbonyl (C=O) groups excluding carboxylic acids is 1. The van der Waals surface area contributed by atoms with Gasteiger partial charge in [-0.3, -0.25) is 4.79 Å². The van der Waals surface area contributed by atoms with E-state index < -0.39 is 0 Å². The molecule has 0 spiro atoms. The maximum absolute atomic E-state index is 12.4. The number of carbonyl (C=O) groups is 1. The van der Waals surface area contributed by atoms with E-state index in [9.17, 15) is 4.79 Å². The number of benzene rings is 2. The molecular formula is C16H19CaNO. The monoisotopic (exact) mass is 281 g/mol. The topological polar surface area (TPSA) is 20.3 Å². The molecule has 0 unspecified atom stereocenters. The van der Waals surface area contributed by atoms with E-state index in [2.05, 4.69) is 0 Å². The molecule has 2 aromatic rings. The van der Waals surface area contributed by atoms with E-state index in [1.165, 1.54) is 0 Å². The van der Waals surface area contributed by atoms with Crippen molar-refractivity contribution in [1.82, 2.24) is 4.90 Å². The van der Waals surface area contributed by atoms with E-state index in [1.54, 1.807) is 19.0 Å². The minimum atomic E-state index is -0.220. The van der Waals surface area contributed by atoms with Crippen molar-refractivity contribution in [1.29, 1.82) is 0 Å². The molecule has 2 rings (SSSR count). The van der Waals surface area contributed by atoms with Crippen LogP contribution in [0, 0.1) is 0 Å². The molecule has 0 bridgehead atoms. The maximum Gasteiger partial charge on any atom is 2.00 e. The van der Waals surface area contributed by atoms with Gasteiger partial charge in [-0.05, 0) is 11.1 Å². The molecule has 0 fully saturated rings. The summed E-state index contributed by atoms with van der Waals surface area (Å²) in [7, 11) is 3.59. The first kappa shape index (κ1) is 16.2. The van der Waals surface area contributed by atoms with E-state index >= 15 is 0 Å². The van der Waals surface area contributed by atoms with Gasteiger partial charge in [-0.25, -0.2) is 0 Å². The van der Waals surface area contributed by atoms with Gasteiger partial charge in [-0.1, -0.05) is 60.7 Å². The van der Waals surface area contributed by atoms with Gasteiger partial charge in [0.15, 0.2) is 0 Å². The fraction of sp³-hybridized carbons (Fsp3) is 0.188. The van der Waals surface area contributed by atoms with Crippen molar-refractivity contribution in [2.24, 2.45) is 0 Å². The predicted octanol–water partition coefficient (Wildman–Crippen LogP) is 2.75. The molecule has 0 heterocycles. The van der Waals surface area contributed by atoms with Crippen LogP contribution in [0.25, 0.3) is 0 Å². The smallest absolute Gasteiger partial charge is 1.00 e. The molecule has 0 radical (unpaired) electrons.